The number of rotatable bonds is 8. The van der Waals surface area contributed by atoms with E-state index >= 15 is 4.39 Å². The number of halogens is 1. The highest BCUT2D eigenvalue weighted by atomic mass is 31.2. The van der Waals surface area contributed by atoms with Crippen molar-refractivity contribution < 1.29 is 27.8 Å². The lowest BCUT2D eigenvalue weighted by Crippen LogP contribution is -2.39. The lowest BCUT2D eigenvalue weighted by molar-refractivity contribution is -0.0487. The van der Waals surface area contributed by atoms with Gasteiger partial charge in [0, 0.05) is 13.5 Å². The van der Waals surface area contributed by atoms with Crippen LogP contribution in [0.3, 0.4) is 0 Å². The number of fused-ring (bicyclic) bond motifs is 1. The zero-order chi connectivity index (χ0) is 23.8. The monoisotopic (exact) mass is 480 g/mol. The van der Waals surface area contributed by atoms with Crippen LogP contribution in [-0.4, -0.2) is 56.2 Å². The van der Waals surface area contributed by atoms with Crippen LogP contribution in [0.4, 0.5) is 10.2 Å². The number of alkyl halides is 1. The van der Waals surface area contributed by atoms with Crippen LogP contribution in [0.25, 0.3) is 11.2 Å². The van der Waals surface area contributed by atoms with Crippen LogP contribution in [0.5, 0.6) is 5.75 Å². The first kappa shape index (κ1) is 23.5. The number of ether oxygens (including phenoxy) is 1. The van der Waals surface area contributed by atoms with Crippen molar-refractivity contribution in [1.82, 2.24) is 19.5 Å². The predicted octanol–water partition coefficient (Wildman–Crippen LogP) is 2.72. The molecule has 1 saturated heterocycles. The Bertz CT molecular complexity index is 1180. The molecule has 4 N–H and O–H groups in total. The molecule has 178 valence electrons. The molecule has 11 nitrogen and oxygen atoms in total. The van der Waals surface area contributed by atoms with Gasteiger partial charge in [-0.05, 0) is 26.0 Å². The zero-order valence-corrected chi connectivity index (χ0v) is 19.3. The van der Waals surface area contributed by atoms with Crippen molar-refractivity contribution in [2.45, 2.75) is 44.4 Å². The Labute approximate surface area is 189 Å². The average molecular weight is 480 g/mol. The van der Waals surface area contributed by atoms with Gasteiger partial charge in [-0.15, -0.1) is 0 Å². The number of imidazole rings is 1. The number of nitrogens with zero attached hydrogens (tertiary/aromatic N) is 4. The van der Waals surface area contributed by atoms with Crippen molar-refractivity contribution in [2.75, 3.05) is 19.0 Å². The van der Waals surface area contributed by atoms with Crippen LogP contribution in [0.15, 0.2) is 36.7 Å². The topological polar surface area (TPSA) is 147 Å². The average Bonchev–Trinajstić information content (AvgIpc) is 3.27. The molecule has 0 amide bonds. The van der Waals surface area contributed by atoms with Crippen LogP contribution in [0, 0.1) is 6.92 Å². The Balaban J connectivity index is 1.47. The van der Waals surface area contributed by atoms with Crippen molar-refractivity contribution in [3.05, 3.63) is 42.5 Å². The number of hydrogen-bond acceptors (Lipinski definition) is 9. The number of hydrogen-bond donors (Lipinski definition) is 3. The molecular weight excluding hydrogens is 454 g/mol. The van der Waals surface area contributed by atoms with E-state index in [4.69, 9.17) is 19.3 Å². The van der Waals surface area contributed by atoms with E-state index in [1.165, 1.54) is 17.8 Å². The fraction of sp³-hybridized carbons (Fsp3) is 0.450. The fourth-order valence-corrected chi connectivity index (χ4v) is 4.60. The number of nitrogens with one attached hydrogen (secondary N) is 1. The summed E-state index contributed by atoms with van der Waals surface area (Å²) in [4.78, 5) is 12.9. The summed E-state index contributed by atoms with van der Waals surface area (Å²) in [5, 5.41) is 13.5. The van der Waals surface area contributed by atoms with Crippen molar-refractivity contribution in [3.8, 4) is 5.75 Å². The third-order valence-corrected chi connectivity index (χ3v) is 6.40. The maximum Gasteiger partial charge on any atom is 0.456 e. The maximum absolute atomic E-state index is 15.6. The Morgan fingerprint density at radius 3 is 2.79 bits per heavy atom. The number of benzene rings is 1. The first-order valence-corrected chi connectivity index (χ1v) is 11.9. The van der Waals surface area contributed by atoms with Crippen LogP contribution < -0.4 is 15.3 Å². The van der Waals surface area contributed by atoms with Crippen LogP contribution in [0.1, 0.15) is 25.4 Å². The summed E-state index contributed by atoms with van der Waals surface area (Å²) in [6.07, 6.45) is -2.21. The Hall–Kier alpha value is -2.63. The van der Waals surface area contributed by atoms with Gasteiger partial charge in [0.25, 0.3) is 0 Å². The van der Waals surface area contributed by atoms with E-state index in [1.807, 2.05) is 0 Å². The van der Waals surface area contributed by atoms with E-state index in [0.717, 1.165) is 0 Å². The molecule has 1 unspecified atom stereocenters. The minimum absolute atomic E-state index is 0.0267. The molecule has 0 radical (unpaired) electrons. The Morgan fingerprint density at radius 1 is 1.36 bits per heavy atom. The molecule has 33 heavy (non-hydrogen) atoms. The summed E-state index contributed by atoms with van der Waals surface area (Å²) in [6.45, 7) is 2.77. The van der Waals surface area contributed by atoms with E-state index in [2.05, 4.69) is 20.3 Å². The van der Waals surface area contributed by atoms with E-state index in [-0.39, 0.29) is 13.0 Å². The largest absolute Gasteiger partial charge is 0.456 e. The molecule has 0 bridgehead atoms. The van der Waals surface area contributed by atoms with E-state index in [9.17, 15) is 9.67 Å². The van der Waals surface area contributed by atoms with Gasteiger partial charge in [0.2, 0.25) is 0 Å². The number of aryl methyl sites for hydroxylation is 1. The van der Waals surface area contributed by atoms with Crippen molar-refractivity contribution >= 4 is 24.7 Å². The number of aliphatic hydroxyl groups excluding tert-OH is 1. The predicted molar refractivity (Wildman–Crippen MR) is 118 cm³/mol. The van der Waals surface area contributed by atoms with E-state index in [1.54, 1.807) is 44.3 Å². The van der Waals surface area contributed by atoms with Gasteiger partial charge in [-0.25, -0.2) is 29.4 Å². The summed E-state index contributed by atoms with van der Waals surface area (Å²) in [5.41, 5.74) is 4.29. The first-order chi connectivity index (χ1) is 15.6. The van der Waals surface area contributed by atoms with Crippen molar-refractivity contribution in [3.63, 3.8) is 0 Å². The number of aromatic nitrogens is 4. The van der Waals surface area contributed by atoms with Crippen LogP contribution >= 0.6 is 7.75 Å². The second-order valence-corrected chi connectivity index (χ2v) is 9.40. The maximum atomic E-state index is 15.6. The van der Waals surface area contributed by atoms with Gasteiger partial charge >= 0.3 is 7.75 Å². The number of para-hydroxylation sites is 1. The van der Waals surface area contributed by atoms with Crippen molar-refractivity contribution in [1.29, 1.82) is 0 Å². The number of nitrogens with two attached hydrogens (primary N) is 1. The van der Waals surface area contributed by atoms with Crippen molar-refractivity contribution in [2.24, 2.45) is 5.50 Å². The Morgan fingerprint density at radius 2 is 2.09 bits per heavy atom. The minimum Gasteiger partial charge on any atom is -0.413 e. The number of aliphatic hydroxyl groups is 1. The zero-order valence-electron chi connectivity index (χ0n) is 18.4. The SMILES string of the molecule is CNc1nc(C)nc2c1ncn2[C@@H]1O[C@H](CCOP(N)(=O)Oc2ccccc2)[C@@H](O)[C@@]1(C)F. The molecule has 4 rings (SSSR count). The highest BCUT2D eigenvalue weighted by Gasteiger charge is 2.55. The lowest BCUT2D eigenvalue weighted by Gasteiger charge is -2.24. The van der Waals surface area contributed by atoms with E-state index < -0.39 is 31.9 Å². The molecule has 1 aromatic carbocycles. The molecule has 3 aromatic rings. The quantitative estimate of drug-likeness (QED) is 0.411. The molecule has 1 fully saturated rings. The second-order valence-electron chi connectivity index (χ2n) is 7.88. The third kappa shape index (κ3) is 4.71. The minimum atomic E-state index is -3.90. The Kier molecular flexibility index (Phi) is 6.39. The molecule has 5 atom stereocenters. The second kappa shape index (κ2) is 8.96. The highest BCUT2D eigenvalue weighted by Crippen LogP contribution is 2.45. The molecule has 3 heterocycles. The molecule has 0 aliphatic carbocycles. The van der Waals surface area contributed by atoms with Crippen LogP contribution in [0.2, 0.25) is 0 Å². The van der Waals surface area contributed by atoms with Gasteiger partial charge < -0.3 is 19.7 Å². The molecule has 13 heteroatoms. The summed E-state index contributed by atoms with van der Waals surface area (Å²) in [7, 11) is -2.21. The van der Waals surface area contributed by atoms with Gasteiger partial charge in [-0.3, -0.25) is 9.09 Å². The summed E-state index contributed by atoms with van der Waals surface area (Å²) < 4.78 is 45.7. The molecule has 0 spiro atoms. The van der Waals surface area contributed by atoms with Crippen LogP contribution in [-0.2, 0) is 13.8 Å². The number of anilines is 1. The third-order valence-electron chi connectivity index (χ3n) is 5.39. The first-order valence-electron chi connectivity index (χ1n) is 10.3. The molecule has 0 saturated carbocycles. The molecule has 1 aliphatic heterocycles. The van der Waals surface area contributed by atoms with Gasteiger partial charge in [0.15, 0.2) is 28.9 Å². The smallest absolute Gasteiger partial charge is 0.413 e. The summed E-state index contributed by atoms with van der Waals surface area (Å²) in [5.74, 6) is 1.26. The van der Waals surface area contributed by atoms with E-state index in [0.29, 0.717) is 28.6 Å². The standard InChI is InChI=1S/C20H26FN6O5P/c1-12-25-17(23-3)15-18(26-12)27(11-24-15)19-20(2,21)16(28)14(31-19)9-10-30-33(22,29)32-13-7-5-4-6-8-13/h4-8,11,14,16,19,28H,9-10H2,1-3H3,(H2,22,29)(H,23,25,26)/t14-,16-,19-,20-,33?/m1/s1. The fourth-order valence-electron chi connectivity index (χ4n) is 3.77. The van der Waals surface area contributed by atoms with Gasteiger partial charge in [0.1, 0.15) is 17.7 Å². The highest BCUT2D eigenvalue weighted by molar-refractivity contribution is 7.51. The molecular formula is C20H26FN6O5P. The normalized spacial score (nSPS) is 26.9. The van der Waals surface area contributed by atoms with Gasteiger partial charge in [-0.2, -0.15) is 0 Å². The molecule has 1 aliphatic rings. The summed E-state index contributed by atoms with van der Waals surface area (Å²) >= 11 is 0. The van der Waals surface area contributed by atoms with Gasteiger partial charge in [-0.1, -0.05) is 18.2 Å². The lowest BCUT2D eigenvalue weighted by atomic mass is 9.97. The summed E-state index contributed by atoms with van der Waals surface area (Å²) in [6, 6.07) is 8.35. The van der Waals surface area contributed by atoms with Gasteiger partial charge in [0.05, 0.1) is 19.0 Å². The molecule has 2 aromatic heterocycles.